The zero-order valence-electron chi connectivity index (χ0n) is 13.3. The molecule has 0 aliphatic carbocycles. The van der Waals surface area contributed by atoms with Crippen molar-refractivity contribution in [2.45, 2.75) is 24.7 Å². The van der Waals surface area contributed by atoms with Crippen molar-refractivity contribution in [3.05, 3.63) is 29.8 Å². The number of likely N-dealkylation sites (tertiary alicyclic amines) is 1. The highest BCUT2D eigenvalue weighted by atomic mass is 32.2. The topological polar surface area (TPSA) is 80.8 Å². The first-order valence-corrected chi connectivity index (χ1v) is 9.48. The molecular weight excluding hydrogens is 318 g/mol. The van der Waals surface area contributed by atoms with Crippen LogP contribution in [0.5, 0.6) is 0 Å². The van der Waals surface area contributed by atoms with E-state index in [-0.39, 0.29) is 22.7 Å². The molecule has 0 aromatic heterocycles. The highest BCUT2D eigenvalue weighted by Gasteiger charge is 2.30. The largest absolute Gasteiger partial charge is 0.466 e. The number of nitrogens with zero attached hydrogens (tertiary/aromatic N) is 1. The van der Waals surface area contributed by atoms with Crippen molar-refractivity contribution in [2.75, 3.05) is 26.0 Å². The van der Waals surface area contributed by atoms with E-state index in [0.29, 0.717) is 31.7 Å². The van der Waals surface area contributed by atoms with Crippen LogP contribution in [0.2, 0.25) is 0 Å². The van der Waals surface area contributed by atoms with Crippen molar-refractivity contribution in [1.29, 1.82) is 0 Å². The van der Waals surface area contributed by atoms with Crippen LogP contribution < -0.4 is 0 Å². The Kier molecular flexibility index (Phi) is 5.41. The van der Waals surface area contributed by atoms with Crippen molar-refractivity contribution >= 4 is 21.7 Å². The normalized spacial score (nSPS) is 18.5. The molecule has 1 heterocycles. The van der Waals surface area contributed by atoms with E-state index < -0.39 is 9.84 Å². The van der Waals surface area contributed by atoms with Gasteiger partial charge in [0, 0.05) is 24.9 Å². The first kappa shape index (κ1) is 17.5. The molecule has 0 bridgehead atoms. The van der Waals surface area contributed by atoms with Gasteiger partial charge in [0.05, 0.1) is 17.4 Å². The Hall–Kier alpha value is -1.89. The molecule has 1 aliphatic heterocycles. The summed E-state index contributed by atoms with van der Waals surface area (Å²) in [5, 5.41) is 0. The molecule has 1 aliphatic rings. The van der Waals surface area contributed by atoms with Crippen LogP contribution in [0.25, 0.3) is 0 Å². The highest BCUT2D eigenvalue weighted by molar-refractivity contribution is 7.90. The number of esters is 1. The first-order valence-electron chi connectivity index (χ1n) is 7.59. The Morgan fingerprint density at radius 2 is 2.09 bits per heavy atom. The van der Waals surface area contributed by atoms with E-state index in [1.807, 2.05) is 0 Å². The van der Waals surface area contributed by atoms with Gasteiger partial charge in [0.25, 0.3) is 5.91 Å². The summed E-state index contributed by atoms with van der Waals surface area (Å²) in [6.45, 7) is 2.93. The van der Waals surface area contributed by atoms with Gasteiger partial charge in [-0.1, -0.05) is 6.07 Å². The summed E-state index contributed by atoms with van der Waals surface area (Å²) in [4.78, 5) is 26.1. The third-order valence-corrected chi connectivity index (χ3v) is 4.95. The zero-order valence-corrected chi connectivity index (χ0v) is 14.1. The maximum absolute atomic E-state index is 12.6. The first-order chi connectivity index (χ1) is 10.8. The molecule has 126 valence electrons. The third-order valence-electron chi connectivity index (χ3n) is 3.84. The fourth-order valence-electron chi connectivity index (χ4n) is 2.66. The molecule has 0 saturated carbocycles. The van der Waals surface area contributed by atoms with Crippen molar-refractivity contribution in [1.82, 2.24) is 4.90 Å². The van der Waals surface area contributed by atoms with E-state index in [4.69, 9.17) is 4.74 Å². The minimum atomic E-state index is -3.37. The van der Waals surface area contributed by atoms with Crippen LogP contribution >= 0.6 is 0 Å². The van der Waals surface area contributed by atoms with Crippen LogP contribution in [0, 0.1) is 5.92 Å². The minimum Gasteiger partial charge on any atom is -0.466 e. The van der Waals surface area contributed by atoms with Crippen LogP contribution in [-0.4, -0.2) is 51.1 Å². The van der Waals surface area contributed by atoms with E-state index in [1.54, 1.807) is 24.0 Å². The van der Waals surface area contributed by atoms with Crippen molar-refractivity contribution in [3.8, 4) is 0 Å². The smallest absolute Gasteiger partial charge is 0.310 e. The molecule has 6 nitrogen and oxygen atoms in total. The van der Waals surface area contributed by atoms with Gasteiger partial charge in [-0.25, -0.2) is 8.42 Å². The Bertz CT molecular complexity index is 698. The molecule has 1 saturated heterocycles. The van der Waals surface area contributed by atoms with Crippen molar-refractivity contribution in [3.63, 3.8) is 0 Å². The summed E-state index contributed by atoms with van der Waals surface area (Å²) < 4.78 is 28.2. The number of rotatable bonds is 4. The second kappa shape index (κ2) is 7.12. The molecule has 1 amide bonds. The number of piperidine rings is 1. The number of hydrogen-bond donors (Lipinski definition) is 0. The van der Waals surface area contributed by atoms with Crippen LogP contribution in [0.4, 0.5) is 0 Å². The lowest BCUT2D eigenvalue weighted by Crippen LogP contribution is -2.42. The van der Waals surface area contributed by atoms with Gasteiger partial charge in [-0.3, -0.25) is 9.59 Å². The predicted octanol–water partition coefficient (Wildman–Crippen LogP) is 1.51. The number of carbonyl (C=O) groups is 2. The van der Waals surface area contributed by atoms with E-state index in [2.05, 4.69) is 0 Å². The molecule has 1 atom stereocenters. The molecule has 23 heavy (non-hydrogen) atoms. The van der Waals surface area contributed by atoms with Gasteiger partial charge >= 0.3 is 5.97 Å². The summed E-state index contributed by atoms with van der Waals surface area (Å²) in [6.07, 6.45) is 2.53. The van der Waals surface area contributed by atoms with Gasteiger partial charge in [0.1, 0.15) is 0 Å². The van der Waals surface area contributed by atoms with E-state index >= 15 is 0 Å². The number of hydrogen-bond acceptors (Lipinski definition) is 5. The third kappa shape index (κ3) is 4.31. The molecule has 0 N–H and O–H groups in total. The average Bonchev–Trinajstić information content (AvgIpc) is 2.54. The maximum Gasteiger partial charge on any atom is 0.310 e. The summed E-state index contributed by atoms with van der Waals surface area (Å²) >= 11 is 0. The van der Waals surface area contributed by atoms with Gasteiger partial charge in [-0.2, -0.15) is 0 Å². The molecular formula is C16H21NO5S. The van der Waals surface area contributed by atoms with Crippen LogP contribution in [-0.2, 0) is 19.4 Å². The number of amides is 1. The fraction of sp³-hybridized carbons (Fsp3) is 0.500. The fourth-order valence-corrected chi connectivity index (χ4v) is 3.32. The van der Waals surface area contributed by atoms with Crippen LogP contribution in [0.15, 0.2) is 29.2 Å². The molecule has 0 unspecified atom stereocenters. The zero-order chi connectivity index (χ0) is 17.0. The lowest BCUT2D eigenvalue weighted by atomic mass is 9.97. The standard InChI is InChI=1S/C16H21NO5S/c1-3-22-16(19)13-7-5-9-17(11-13)15(18)12-6-4-8-14(10-12)23(2,20)21/h4,6,8,10,13H,3,5,7,9,11H2,1-2H3/t13-/m0/s1. The predicted molar refractivity (Wildman–Crippen MR) is 84.8 cm³/mol. The highest BCUT2D eigenvalue weighted by Crippen LogP contribution is 2.21. The molecule has 0 radical (unpaired) electrons. The lowest BCUT2D eigenvalue weighted by molar-refractivity contribution is -0.149. The number of carbonyl (C=O) groups excluding carboxylic acids is 2. The summed E-state index contributed by atoms with van der Waals surface area (Å²) in [5.41, 5.74) is 0.317. The minimum absolute atomic E-state index is 0.113. The Morgan fingerprint density at radius 1 is 1.35 bits per heavy atom. The molecule has 7 heteroatoms. The van der Waals surface area contributed by atoms with Gasteiger partial charge in [-0.15, -0.1) is 0 Å². The maximum atomic E-state index is 12.6. The molecule has 1 fully saturated rings. The van der Waals surface area contributed by atoms with E-state index in [9.17, 15) is 18.0 Å². The summed E-state index contributed by atoms with van der Waals surface area (Å²) in [5.74, 6) is -0.856. The molecule has 1 aromatic carbocycles. The van der Waals surface area contributed by atoms with Crippen molar-refractivity contribution in [2.24, 2.45) is 5.92 Å². The Labute approximate surface area is 136 Å². The van der Waals surface area contributed by atoms with E-state index in [0.717, 1.165) is 12.7 Å². The monoisotopic (exact) mass is 339 g/mol. The summed E-state index contributed by atoms with van der Waals surface area (Å²) in [7, 11) is -3.37. The van der Waals surface area contributed by atoms with Crippen molar-refractivity contribution < 1.29 is 22.7 Å². The van der Waals surface area contributed by atoms with Gasteiger partial charge in [0.15, 0.2) is 9.84 Å². The van der Waals surface area contributed by atoms with Gasteiger partial charge in [-0.05, 0) is 38.0 Å². The number of ether oxygens (including phenoxy) is 1. The second-order valence-electron chi connectivity index (χ2n) is 5.64. The van der Waals surface area contributed by atoms with Crippen LogP contribution in [0.1, 0.15) is 30.1 Å². The molecule has 0 spiro atoms. The number of sulfone groups is 1. The van der Waals surface area contributed by atoms with E-state index in [1.165, 1.54) is 12.1 Å². The molecule has 1 aromatic rings. The SMILES string of the molecule is CCOC(=O)[C@H]1CCCN(C(=O)c2cccc(S(C)(=O)=O)c2)C1. The average molecular weight is 339 g/mol. The second-order valence-corrected chi connectivity index (χ2v) is 7.66. The van der Waals surface area contributed by atoms with Gasteiger partial charge < -0.3 is 9.64 Å². The summed E-state index contributed by atoms with van der Waals surface area (Å²) in [6, 6.07) is 5.98. The lowest BCUT2D eigenvalue weighted by Gasteiger charge is -2.31. The Balaban J connectivity index is 2.15. The molecule has 2 rings (SSSR count). The van der Waals surface area contributed by atoms with Gasteiger partial charge in [0.2, 0.25) is 0 Å². The quantitative estimate of drug-likeness (QED) is 0.777. The Morgan fingerprint density at radius 3 is 2.74 bits per heavy atom. The number of benzene rings is 1. The van der Waals surface area contributed by atoms with Crippen LogP contribution in [0.3, 0.4) is 0 Å².